The number of hydrogen-bond donors (Lipinski definition) is 1. The van der Waals surface area contributed by atoms with Gasteiger partial charge in [-0.15, -0.1) is 0 Å². The molecule has 0 aliphatic carbocycles. The zero-order valence-electron chi connectivity index (χ0n) is 17.5. The van der Waals surface area contributed by atoms with Gasteiger partial charge < -0.3 is 9.40 Å². The average Bonchev–Trinajstić information content (AvgIpc) is 3.28. The van der Waals surface area contributed by atoms with E-state index in [2.05, 4.69) is 14.9 Å². The lowest BCUT2D eigenvalue weighted by Gasteiger charge is -2.26. The van der Waals surface area contributed by atoms with Gasteiger partial charge in [-0.3, -0.25) is 19.8 Å². The molecule has 1 N–H and O–H groups in total. The monoisotopic (exact) mass is 462 g/mol. The van der Waals surface area contributed by atoms with E-state index in [4.69, 9.17) is 16.0 Å². The van der Waals surface area contributed by atoms with E-state index in [1.165, 1.54) is 12.1 Å². The molecule has 0 saturated carbocycles. The van der Waals surface area contributed by atoms with Crippen molar-refractivity contribution in [1.29, 1.82) is 0 Å². The Balaban J connectivity index is 1.32. The first-order valence-corrected chi connectivity index (χ1v) is 10.8. The van der Waals surface area contributed by atoms with Crippen molar-refractivity contribution in [3.63, 3.8) is 0 Å². The van der Waals surface area contributed by atoms with Gasteiger partial charge in [-0.1, -0.05) is 23.7 Å². The summed E-state index contributed by atoms with van der Waals surface area (Å²) >= 11 is 5.95. The quantitative estimate of drug-likeness (QED) is 0.337. The van der Waals surface area contributed by atoms with Gasteiger partial charge in [-0.25, -0.2) is 4.98 Å². The molecule has 1 aliphatic heterocycles. The van der Waals surface area contributed by atoms with Gasteiger partial charge in [0.15, 0.2) is 0 Å². The summed E-state index contributed by atoms with van der Waals surface area (Å²) in [5.41, 5.74) is 2.79. The van der Waals surface area contributed by atoms with Gasteiger partial charge in [0.05, 0.1) is 22.7 Å². The van der Waals surface area contributed by atoms with Crippen LogP contribution in [0.2, 0.25) is 5.02 Å². The van der Waals surface area contributed by atoms with Crippen molar-refractivity contribution in [2.75, 3.05) is 6.54 Å². The van der Waals surface area contributed by atoms with Crippen LogP contribution in [0.3, 0.4) is 0 Å². The van der Waals surface area contributed by atoms with E-state index in [1.54, 1.807) is 30.3 Å². The molecular weight excluding hydrogens is 444 g/mol. The summed E-state index contributed by atoms with van der Waals surface area (Å²) in [5.74, 6) is 1.83. The second-order valence-electron chi connectivity index (χ2n) is 7.88. The number of nitrogens with zero attached hydrogens (tertiary/aromatic N) is 3. The minimum absolute atomic E-state index is 0.0165. The first kappa shape index (κ1) is 21.1. The fourth-order valence-corrected chi connectivity index (χ4v) is 4.10. The van der Waals surface area contributed by atoms with Crippen molar-refractivity contribution in [2.45, 2.75) is 19.5 Å². The number of nitro benzene ring substituents is 1. The molecule has 0 radical (unpaired) electrons. The van der Waals surface area contributed by atoms with Crippen LogP contribution in [0, 0.1) is 10.1 Å². The Kier molecular flexibility index (Phi) is 5.53. The Labute approximate surface area is 193 Å². The van der Waals surface area contributed by atoms with E-state index < -0.39 is 4.92 Å². The standard InChI is InChI=1S/C24H19ClN4O4/c25-17-6-4-15(5-7-17)23-26-21-10-11-28(14-20(21)24(30)27-23)13-19-8-9-22(33-19)16-2-1-3-18(12-16)29(31)32/h1-9,12H,10-11,13-14H2,(H,26,27,30). The number of fused-ring (bicyclic) bond motifs is 1. The Bertz CT molecular complexity index is 1390. The molecule has 0 saturated heterocycles. The number of nitro groups is 1. The minimum atomic E-state index is -0.428. The molecule has 1 aliphatic rings. The van der Waals surface area contributed by atoms with Crippen LogP contribution in [0.25, 0.3) is 22.7 Å². The van der Waals surface area contributed by atoms with Crippen LogP contribution in [-0.2, 0) is 19.5 Å². The van der Waals surface area contributed by atoms with Gasteiger partial charge in [0, 0.05) is 47.8 Å². The molecule has 9 heteroatoms. The van der Waals surface area contributed by atoms with E-state index in [-0.39, 0.29) is 11.2 Å². The zero-order chi connectivity index (χ0) is 22.9. The van der Waals surface area contributed by atoms with Gasteiger partial charge in [0.25, 0.3) is 11.2 Å². The predicted octanol–water partition coefficient (Wildman–Crippen LogP) is 4.82. The zero-order valence-corrected chi connectivity index (χ0v) is 18.2. The molecule has 0 spiro atoms. The smallest absolute Gasteiger partial charge is 0.270 e. The number of H-pyrrole nitrogens is 1. The summed E-state index contributed by atoms with van der Waals surface area (Å²) in [6.07, 6.45) is 0.651. The fourth-order valence-electron chi connectivity index (χ4n) is 3.97. The maximum atomic E-state index is 12.8. The molecule has 3 heterocycles. The normalized spacial score (nSPS) is 13.6. The maximum Gasteiger partial charge on any atom is 0.270 e. The molecule has 33 heavy (non-hydrogen) atoms. The second kappa shape index (κ2) is 8.65. The molecule has 166 valence electrons. The Hall–Kier alpha value is -3.75. The summed E-state index contributed by atoms with van der Waals surface area (Å²) in [4.78, 5) is 33.1. The highest BCUT2D eigenvalue weighted by Gasteiger charge is 2.22. The first-order chi connectivity index (χ1) is 16.0. The molecule has 0 atom stereocenters. The number of aromatic nitrogens is 2. The second-order valence-corrected chi connectivity index (χ2v) is 8.32. The summed E-state index contributed by atoms with van der Waals surface area (Å²) in [6.45, 7) is 1.72. The molecule has 4 aromatic rings. The Morgan fingerprint density at radius 3 is 2.73 bits per heavy atom. The minimum Gasteiger partial charge on any atom is -0.460 e. The van der Waals surface area contributed by atoms with Crippen LogP contribution in [0.1, 0.15) is 17.0 Å². The summed E-state index contributed by atoms with van der Waals surface area (Å²) in [7, 11) is 0. The van der Waals surface area contributed by atoms with Crippen LogP contribution in [0.15, 0.2) is 69.9 Å². The lowest BCUT2D eigenvalue weighted by molar-refractivity contribution is -0.384. The highest BCUT2D eigenvalue weighted by atomic mass is 35.5. The number of aromatic amines is 1. The maximum absolute atomic E-state index is 12.8. The van der Waals surface area contributed by atoms with E-state index in [9.17, 15) is 14.9 Å². The van der Waals surface area contributed by atoms with Crippen LogP contribution in [0.4, 0.5) is 5.69 Å². The Morgan fingerprint density at radius 1 is 1.12 bits per heavy atom. The fraction of sp³-hybridized carbons (Fsp3) is 0.167. The molecule has 2 aromatic carbocycles. The van der Waals surface area contributed by atoms with Crippen LogP contribution >= 0.6 is 11.6 Å². The molecule has 0 amide bonds. The topological polar surface area (TPSA) is 105 Å². The van der Waals surface area contributed by atoms with Crippen molar-refractivity contribution in [2.24, 2.45) is 0 Å². The van der Waals surface area contributed by atoms with Gasteiger partial charge in [-0.2, -0.15) is 0 Å². The molecule has 0 bridgehead atoms. The highest BCUT2D eigenvalue weighted by molar-refractivity contribution is 6.30. The SMILES string of the molecule is O=c1[nH]c(-c2ccc(Cl)cc2)nc2c1CN(Cc1ccc(-c3cccc([N+](=O)[O-])c3)o1)CC2. The summed E-state index contributed by atoms with van der Waals surface area (Å²) < 4.78 is 5.94. The number of benzene rings is 2. The molecule has 0 unspecified atom stereocenters. The van der Waals surface area contributed by atoms with Gasteiger partial charge in [-0.05, 0) is 36.4 Å². The third-order valence-corrected chi connectivity index (χ3v) is 5.90. The van der Waals surface area contributed by atoms with Gasteiger partial charge in [0.1, 0.15) is 17.3 Å². The Morgan fingerprint density at radius 2 is 1.94 bits per heavy atom. The van der Waals surface area contributed by atoms with E-state index in [0.717, 1.165) is 23.6 Å². The first-order valence-electron chi connectivity index (χ1n) is 10.4. The lowest BCUT2D eigenvalue weighted by atomic mass is 10.1. The van der Waals surface area contributed by atoms with Gasteiger partial charge >= 0.3 is 0 Å². The van der Waals surface area contributed by atoms with Crippen LogP contribution in [-0.4, -0.2) is 26.3 Å². The third-order valence-electron chi connectivity index (χ3n) is 5.65. The van der Waals surface area contributed by atoms with Crippen molar-refractivity contribution in [1.82, 2.24) is 14.9 Å². The largest absolute Gasteiger partial charge is 0.460 e. The number of non-ortho nitro benzene ring substituents is 1. The number of nitrogens with one attached hydrogen (secondary N) is 1. The van der Waals surface area contributed by atoms with E-state index in [1.807, 2.05) is 18.2 Å². The van der Waals surface area contributed by atoms with Crippen molar-refractivity contribution >= 4 is 17.3 Å². The third kappa shape index (κ3) is 4.44. The molecule has 2 aromatic heterocycles. The van der Waals surface area contributed by atoms with Crippen LogP contribution in [0.5, 0.6) is 0 Å². The van der Waals surface area contributed by atoms with Crippen molar-refractivity contribution in [3.05, 3.63) is 103 Å². The summed E-state index contributed by atoms with van der Waals surface area (Å²) in [5, 5.41) is 11.7. The van der Waals surface area contributed by atoms with Crippen molar-refractivity contribution in [3.8, 4) is 22.7 Å². The summed E-state index contributed by atoms with van der Waals surface area (Å²) in [6, 6.07) is 17.2. The number of rotatable bonds is 5. The molecular formula is C24H19ClN4O4. The van der Waals surface area contributed by atoms with Crippen molar-refractivity contribution < 1.29 is 9.34 Å². The molecule has 8 nitrogen and oxygen atoms in total. The lowest BCUT2D eigenvalue weighted by Crippen LogP contribution is -2.35. The van der Waals surface area contributed by atoms with E-state index in [0.29, 0.717) is 47.2 Å². The van der Waals surface area contributed by atoms with Crippen LogP contribution < -0.4 is 5.56 Å². The highest BCUT2D eigenvalue weighted by Crippen LogP contribution is 2.27. The number of halogens is 1. The molecule has 5 rings (SSSR count). The average molecular weight is 463 g/mol. The van der Waals surface area contributed by atoms with E-state index >= 15 is 0 Å². The number of furan rings is 1. The predicted molar refractivity (Wildman–Crippen MR) is 124 cm³/mol. The van der Waals surface area contributed by atoms with Gasteiger partial charge in [0.2, 0.25) is 0 Å². The number of hydrogen-bond acceptors (Lipinski definition) is 6. The molecule has 0 fully saturated rings.